The average Bonchev–Trinajstić information content (AvgIpc) is 2.63. The van der Waals surface area contributed by atoms with E-state index < -0.39 is 11.4 Å². The molecule has 0 atom stereocenters. The van der Waals surface area contributed by atoms with Crippen molar-refractivity contribution in [3.63, 3.8) is 0 Å². The molecule has 1 aromatic heterocycles. The third-order valence-electron chi connectivity index (χ3n) is 4.58. The molecule has 8 heteroatoms. The number of aromatic amines is 1. The highest BCUT2D eigenvalue weighted by Gasteiger charge is 2.14. The van der Waals surface area contributed by atoms with Gasteiger partial charge in [0.15, 0.2) is 4.77 Å². The van der Waals surface area contributed by atoms with E-state index in [1.165, 1.54) is 59.2 Å². The maximum Gasteiger partial charge on any atom is 0.264 e. The molecule has 1 aromatic carbocycles. The van der Waals surface area contributed by atoms with E-state index in [2.05, 4.69) is 9.98 Å². The van der Waals surface area contributed by atoms with E-state index in [1.807, 2.05) is 0 Å². The van der Waals surface area contributed by atoms with Crippen LogP contribution in [0.4, 0.5) is 4.39 Å². The Hall–Kier alpha value is -2.32. The number of aromatic nitrogens is 2. The third-order valence-corrected chi connectivity index (χ3v) is 4.87. The maximum absolute atomic E-state index is 13.1. The minimum atomic E-state index is -0.500. The van der Waals surface area contributed by atoms with Gasteiger partial charge < -0.3 is 10.0 Å². The first-order valence-corrected chi connectivity index (χ1v) is 9.15. The Labute approximate surface area is 155 Å². The third kappa shape index (κ3) is 4.25. The van der Waals surface area contributed by atoms with Crippen LogP contribution in [-0.2, 0) is 0 Å². The number of hydrogen-bond donors (Lipinski definition) is 3. The summed E-state index contributed by atoms with van der Waals surface area (Å²) in [6, 6.07) is 5.47. The number of piperidine rings is 1. The zero-order valence-electron chi connectivity index (χ0n) is 14.4. The first kappa shape index (κ1) is 18.5. The molecule has 0 unspecified atom stereocenters. The number of H-pyrrole nitrogens is 1. The summed E-state index contributed by atoms with van der Waals surface area (Å²) in [5.41, 5.74) is -0.00550. The first-order valence-electron chi connectivity index (χ1n) is 8.74. The molecule has 0 radical (unpaired) electrons. The van der Waals surface area contributed by atoms with Gasteiger partial charge in [-0.2, -0.15) is 0 Å². The molecule has 3 rings (SSSR count). The molecule has 0 spiro atoms. The summed E-state index contributed by atoms with van der Waals surface area (Å²) in [6.45, 7) is 3.82. The molecule has 6 nitrogen and oxygen atoms in total. The number of likely N-dealkylation sites (tertiary alicyclic amines) is 1. The van der Waals surface area contributed by atoms with Crippen LogP contribution in [0.5, 0.6) is 5.88 Å². The van der Waals surface area contributed by atoms with Crippen LogP contribution >= 0.6 is 12.2 Å². The maximum atomic E-state index is 13.1. The summed E-state index contributed by atoms with van der Waals surface area (Å²) < 4.78 is 14.4. The zero-order chi connectivity index (χ0) is 18.5. The topological polar surface area (TPSA) is 74.8 Å². The van der Waals surface area contributed by atoms with Crippen LogP contribution < -0.4 is 10.5 Å². The standard InChI is InChI=1S/C18H21FN4O2S/c19-13-4-6-14(7-5-13)23-17(25)15(16(24)21-18(23)26)12-20-8-11-22-9-2-1-3-10-22/h4-7,12,25H,1-3,8-11H2,(H,21,24,26)/p+1. The van der Waals surface area contributed by atoms with Crippen molar-refractivity contribution in [2.45, 2.75) is 19.3 Å². The normalized spacial score (nSPS) is 15.6. The number of nitrogens with zero attached hydrogens (tertiary/aromatic N) is 2. The SMILES string of the molecule is O=c1[nH]c(=S)n(-c2ccc(F)cc2)c(O)c1C=NCC[NH+]1CCCCC1. The lowest BCUT2D eigenvalue weighted by molar-refractivity contribution is -0.903. The van der Waals surface area contributed by atoms with E-state index in [-0.39, 0.29) is 16.2 Å². The van der Waals surface area contributed by atoms with Crippen LogP contribution in [0.15, 0.2) is 34.1 Å². The summed E-state index contributed by atoms with van der Waals surface area (Å²) in [5.74, 6) is -0.703. The Balaban J connectivity index is 1.81. The summed E-state index contributed by atoms with van der Waals surface area (Å²) in [6.07, 6.45) is 5.17. The summed E-state index contributed by atoms with van der Waals surface area (Å²) in [5, 5.41) is 10.5. The van der Waals surface area contributed by atoms with Gasteiger partial charge in [-0.1, -0.05) is 0 Å². The van der Waals surface area contributed by atoms with E-state index >= 15 is 0 Å². The Morgan fingerprint density at radius 1 is 1.27 bits per heavy atom. The molecular weight excluding hydrogens is 355 g/mol. The van der Waals surface area contributed by atoms with Gasteiger partial charge in [0.2, 0.25) is 5.88 Å². The van der Waals surface area contributed by atoms with Crippen LogP contribution in [0.25, 0.3) is 5.69 Å². The van der Waals surface area contributed by atoms with Gasteiger partial charge in [-0.25, -0.2) is 4.39 Å². The molecule has 3 N–H and O–H groups in total. The largest absolute Gasteiger partial charge is 0.494 e. The summed E-state index contributed by atoms with van der Waals surface area (Å²) in [4.78, 5) is 20.5. The van der Waals surface area contributed by atoms with Gasteiger partial charge in [0.1, 0.15) is 11.4 Å². The lowest BCUT2D eigenvalue weighted by Gasteiger charge is -2.22. The molecule has 0 aliphatic carbocycles. The van der Waals surface area contributed by atoms with Gasteiger partial charge in [0.05, 0.1) is 31.9 Å². The summed E-state index contributed by atoms with van der Waals surface area (Å²) in [7, 11) is 0. The van der Waals surface area contributed by atoms with Crippen molar-refractivity contribution >= 4 is 18.4 Å². The molecule has 138 valence electrons. The van der Waals surface area contributed by atoms with Crippen LogP contribution in [0.3, 0.4) is 0 Å². The van der Waals surface area contributed by atoms with Crippen LogP contribution in [0.2, 0.25) is 0 Å². The van der Waals surface area contributed by atoms with E-state index in [9.17, 15) is 14.3 Å². The minimum absolute atomic E-state index is 0.0361. The number of nitrogens with one attached hydrogen (secondary N) is 2. The lowest BCUT2D eigenvalue weighted by Crippen LogP contribution is -3.13. The molecule has 0 saturated carbocycles. The number of hydrogen-bond acceptors (Lipinski definition) is 4. The second-order valence-corrected chi connectivity index (χ2v) is 6.79. The Bertz CT molecular complexity index is 899. The number of aromatic hydroxyl groups is 1. The fourth-order valence-electron chi connectivity index (χ4n) is 3.16. The molecular formula is C18H22FN4O2S+. The number of aliphatic imine (C=N–C) groups is 1. The molecule has 1 fully saturated rings. The Kier molecular flexibility index (Phi) is 5.95. The van der Waals surface area contributed by atoms with Crippen molar-refractivity contribution in [3.8, 4) is 11.6 Å². The molecule has 1 aliphatic rings. The molecule has 1 saturated heterocycles. The van der Waals surface area contributed by atoms with Crippen molar-refractivity contribution in [1.29, 1.82) is 0 Å². The van der Waals surface area contributed by atoms with Crippen molar-refractivity contribution in [2.75, 3.05) is 26.2 Å². The van der Waals surface area contributed by atoms with Crippen molar-refractivity contribution < 1.29 is 14.4 Å². The van der Waals surface area contributed by atoms with Gasteiger partial charge in [0, 0.05) is 6.21 Å². The molecule has 2 heterocycles. The predicted octanol–water partition coefficient (Wildman–Crippen LogP) is 1.23. The second-order valence-electron chi connectivity index (χ2n) is 6.40. The fraction of sp³-hybridized carbons (Fsp3) is 0.389. The Morgan fingerprint density at radius 2 is 1.96 bits per heavy atom. The van der Waals surface area contributed by atoms with Crippen molar-refractivity contribution in [2.24, 2.45) is 4.99 Å². The second kappa shape index (κ2) is 8.37. The van der Waals surface area contributed by atoms with E-state index in [1.54, 1.807) is 0 Å². The molecule has 1 aliphatic heterocycles. The number of halogens is 1. The van der Waals surface area contributed by atoms with E-state index in [4.69, 9.17) is 12.2 Å². The smallest absolute Gasteiger partial charge is 0.264 e. The molecule has 0 amide bonds. The van der Waals surface area contributed by atoms with Gasteiger partial charge in [-0.15, -0.1) is 0 Å². The van der Waals surface area contributed by atoms with Crippen molar-refractivity contribution in [1.82, 2.24) is 9.55 Å². The monoisotopic (exact) mass is 377 g/mol. The van der Waals surface area contributed by atoms with Crippen molar-refractivity contribution in [3.05, 3.63) is 50.8 Å². The molecule has 26 heavy (non-hydrogen) atoms. The minimum Gasteiger partial charge on any atom is -0.494 e. The molecule has 2 aromatic rings. The predicted molar refractivity (Wildman–Crippen MR) is 101 cm³/mol. The van der Waals surface area contributed by atoms with Crippen LogP contribution in [0, 0.1) is 10.6 Å². The quantitative estimate of drug-likeness (QED) is 0.542. The highest BCUT2D eigenvalue weighted by molar-refractivity contribution is 7.71. The summed E-state index contributed by atoms with van der Waals surface area (Å²) >= 11 is 5.13. The molecule has 0 bridgehead atoms. The van der Waals surface area contributed by atoms with E-state index in [0.29, 0.717) is 12.2 Å². The lowest BCUT2D eigenvalue weighted by atomic mass is 10.1. The highest BCUT2D eigenvalue weighted by Crippen LogP contribution is 2.18. The number of benzene rings is 1. The number of quaternary nitrogens is 1. The van der Waals surface area contributed by atoms with E-state index in [0.717, 1.165) is 19.6 Å². The highest BCUT2D eigenvalue weighted by atomic mass is 32.1. The Morgan fingerprint density at radius 3 is 2.65 bits per heavy atom. The zero-order valence-corrected chi connectivity index (χ0v) is 15.2. The van der Waals surface area contributed by atoms with Gasteiger partial charge >= 0.3 is 0 Å². The number of rotatable bonds is 5. The fourth-order valence-corrected chi connectivity index (χ4v) is 3.45. The average molecular weight is 377 g/mol. The van der Waals surface area contributed by atoms with Crippen LogP contribution in [-0.4, -0.2) is 47.1 Å². The first-order chi connectivity index (χ1) is 12.6. The van der Waals surface area contributed by atoms with Crippen LogP contribution in [0.1, 0.15) is 24.8 Å². The van der Waals surface area contributed by atoms with Gasteiger partial charge in [-0.3, -0.25) is 19.3 Å². The van der Waals surface area contributed by atoms with Gasteiger partial charge in [-0.05, 0) is 55.7 Å². The van der Waals surface area contributed by atoms with Gasteiger partial charge in [0.25, 0.3) is 5.56 Å².